The Bertz CT molecular complexity index is 1030. The zero-order valence-electron chi connectivity index (χ0n) is 17.8. The predicted octanol–water partition coefficient (Wildman–Crippen LogP) is 2.43. The average molecular weight is 484 g/mol. The molecule has 1 atom stereocenters. The maximum atomic E-state index is 13.8. The Morgan fingerprint density at radius 2 is 2.06 bits per heavy atom. The van der Waals surface area contributed by atoms with Crippen LogP contribution >= 0.6 is 11.8 Å². The largest absolute Gasteiger partial charge is 0.354 e. The maximum Gasteiger partial charge on any atom is 0.293 e. The molecule has 2 aliphatic heterocycles. The van der Waals surface area contributed by atoms with E-state index in [0.29, 0.717) is 25.8 Å². The first-order valence-electron chi connectivity index (χ1n) is 10.5. The van der Waals surface area contributed by atoms with Crippen LogP contribution in [0.1, 0.15) is 31.7 Å². The first kappa shape index (κ1) is 24.4. The van der Waals surface area contributed by atoms with Crippen molar-refractivity contribution < 1.29 is 27.2 Å². The van der Waals surface area contributed by atoms with Crippen molar-refractivity contribution in [3.05, 3.63) is 40.6 Å². The lowest BCUT2D eigenvalue weighted by atomic mass is 9.99. The zero-order valence-corrected chi connectivity index (χ0v) is 19.4. The zero-order chi connectivity index (χ0) is 23.3. The van der Waals surface area contributed by atoms with E-state index in [1.54, 1.807) is 13.0 Å². The summed E-state index contributed by atoms with van der Waals surface area (Å²) >= 11 is 0.726. The van der Waals surface area contributed by atoms with E-state index < -0.39 is 32.9 Å². The number of carbonyl (C=O) groups is 3. The van der Waals surface area contributed by atoms with Gasteiger partial charge in [-0.3, -0.25) is 19.3 Å². The molecule has 1 unspecified atom stereocenters. The van der Waals surface area contributed by atoms with Crippen molar-refractivity contribution in [2.24, 2.45) is 5.92 Å². The van der Waals surface area contributed by atoms with Crippen molar-refractivity contribution in [3.63, 3.8) is 0 Å². The summed E-state index contributed by atoms with van der Waals surface area (Å²) in [6, 6.07) is 5.95. The molecule has 0 aliphatic carbocycles. The Kier molecular flexibility index (Phi) is 8.07. The van der Waals surface area contributed by atoms with Gasteiger partial charge in [0.25, 0.3) is 11.1 Å². The number of thioether (sulfide) groups is 1. The fourth-order valence-corrected chi connectivity index (χ4v) is 6.10. The van der Waals surface area contributed by atoms with Crippen molar-refractivity contribution in [2.75, 3.05) is 31.9 Å². The fourth-order valence-electron chi connectivity index (χ4n) is 3.66. The molecule has 0 bridgehead atoms. The molecule has 3 rings (SSSR count). The molecule has 1 aromatic rings. The molecule has 2 heterocycles. The van der Waals surface area contributed by atoms with Crippen LogP contribution in [0.2, 0.25) is 0 Å². The van der Waals surface area contributed by atoms with Gasteiger partial charge in [0.1, 0.15) is 5.82 Å². The normalized spacial score (nSPS) is 21.4. The van der Waals surface area contributed by atoms with Crippen molar-refractivity contribution in [3.8, 4) is 0 Å². The molecule has 174 valence electrons. The monoisotopic (exact) mass is 483 g/mol. The summed E-state index contributed by atoms with van der Waals surface area (Å²) in [6.07, 6.45) is 3.03. The molecular weight excluding hydrogens is 457 g/mol. The highest BCUT2D eigenvalue weighted by atomic mass is 32.2. The van der Waals surface area contributed by atoms with E-state index >= 15 is 0 Å². The van der Waals surface area contributed by atoms with Gasteiger partial charge in [-0.15, -0.1) is 0 Å². The number of hydrogen-bond donors (Lipinski definition) is 1. The lowest BCUT2D eigenvalue weighted by molar-refractivity contribution is -0.127. The van der Waals surface area contributed by atoms with Crippen LogP contribution in [0.15, 0.2) is 29.2 Å². The quantitative estimate of drug-likeness (QED) is 0.570. The first-order valence-corrected chi connectivity index (χ1v) is 12.9. The molecule has 0 saturated carbocycles. The Morgan fingerprint density at radius 1 is 1.31 bits per heavy atom. The number of piperidine rings is 1. The van der Waals surface area contributed by atoms with Crippen molar-refractivity contribution >= 4 is 44.9 Å². The van der Waals surface area contributed by atoms with Gasteiger partial charge < -0.3 is 5.32 Å². The number of nitrogens with one attached hydrogen (secondary N) is 1. The van der Waals surface area contributed by atoms with E-state index in [1.165, 1.54) is 28.6 Å². The molecule has 0 spiro atoms. The minimum atomic E-state index is -3.36. The van der Waals surface area contributed by atoms with Gasteiger partial charge in [0.2, 0.25) is 15.9 Å². The number of rotatable bonds is 8. The number of hydrogen-bond acceptors (Lipinski definition) is 6. The molecule has 8 nitrogen and oxygen atoms in total. The van der Waals surface area contributed by atoms with Crippen LogP contribution in [0.4, 0.5) is 9.18 Å². The number of amides is 3. The van der Waals surface area contributed by atoms with E-state index in [4.69, 9.17) is 0 Å². The highest BCUT2D eigenvalue weighted by Gasteiger charge is 2.35. The Balaban J connectivity index is 1.54. The summed E-state index contributed by atoms with van der Waals surface area (Å²) in [6.45, 7) is 2.39. The minimum absolute atomic E-state index is 0.0183. The van der Waals surface area contributed by atoms with Gasteiger partial charge >= 0.3 is 0 Å². The van der Waals surface area contributed by atoms with Gasteiger partial charge in [-0.25, -0.2) is 17.1 Å². The van der Waals surface area contributed by atoms with Crippen molar-refractivity contribution in [1.29, 1.82) is 0 Å². The van der Waals surface area contributed by atoms with E-state index in [1.807, 2.05) is 0 Å². The summed E-state index contributed by atoms with van der Waals surface area (Å²) in [7, 11) is -3.36. The summed E-state index contributed by atoms with van der Waals surface area (Å²) in [4.78, 5) is 38.4. The third-order valence-corrected chi connectivity index (χ3v) is 8.26. The van der Waals surface area contributed by atoms with Gasteiger partial charge in [-0.05, 0) is 43.2 Å². The van der Waals surface area contributed by atoms with E-state index in [-0.39, 0.29) is 41.8 Å². The van der Waals surface area contributed by atoms with Crippen LogP contribution in [-0.4, -0.2) is 66.6 Å². The molecular formula is C21H26FN3O5S2. The number of benzene rings is 1. The number of imide groups is 1. The topological polar surface area (TPSA) is 104 Å². The molecule has 0 aromatic heterocycles. The van der Waals surface area contributed by atoms with Crippen molar-refractivity contribution in [1.82, 2.24) is 14.5 Å². The van der Waals surface area contributed by atoms with E-state index in [2.05, 4.69) is 5.32 Å². The fraction of sp³-hybridized carbons (Fsp3) is 0.476. The first-order chi connectivity index (χ1) is 15.2. The van der Waals surface area contributed by atoms with Gasteiger partial charge in [0, 0.05) is 31.7 Å². The smallest absolute Gasteiger partial charge is 0.293 e. The summed E-state index contributed by atoms with van der Waals surface area (Å²) in [5.41, 5.74) is 0.214. The van der Waals surface area contributed by atoms with Crippen LogP contribution in [0.25, 0.3) is 6.08 Å². The van der Waals surface area contributed by atoms with Gasteiger partial charge in [0.15, 0.2) is 0 Å². The summed E-state index contributed by atoms with van der Waals surface area (Å²) < 4.78 is 39.8. The Hall–Kier alpha value is -2.24. The molecule has 2 aliphatic rings. The number of nitrogens with zero attached hydrogens (tertiary/aromatic N) is 2. The summed E-state index contributed by atoms with van der Waals surface area (Å²) in [5, 5.41) is 2.22. The van der Waals surface area contributed by atoms with Gasteiger partial charge in [0.05, 0.1) is 16.6 Å². The van der Waals surface area contributed by atoms with E-state index in [0.717, 1.165) is 16.7 Å². The highest BCUT2D eigenvalue weighted by Crippen LogP contribution is 2.32. The van der Waals surface area contributed by atoms with Crippen LogP contribution in [0.5, 0.6) is 0 Å². The Morgan fingerprint density at radius 3 is 2.78 bits per heavy atom. The molecule has 0 radical (unpaired) electrons. The second kappa shape index (κ2) is 10.6. The average Bonchev–Trinajstić information content (AvgIpc) is 3.02. The minimum Gasteiger partial charge on any atom is -0.354 e. The second-order valence-electron chi connectivity index (χ2n) is 7.66. The Labute approximate surface area is 191 Å². The van der Waals surface area contributed by atoms with Gasteiger partial charge in [-0.1, -0.05) is 25.1 Å². The molecule has 32 heavy (non-hydrogen) atoms. The van der Waals surface area contributed by atoms with Crippen LogP contribution in [0, 0.1) is 11.7 Å². The second-order valence-corrected chi connectivity index (χ2v) is 10.7. The number of sulfonamides is 1. The molecule has 1 aromatic carbocycles. The number of carbonyl (C=O) groups excluding carboxylic acids is 3. The maximum absolute atomic E-state index is 13.8. The molecule has 3 amide bonds. The SMILES string of the molecule is CCCS(=O)(=O)N1CCCC(C(=O)NCCN2C(=O)S/C(=C\c3ccccc3F)C2=O)C1. The molecule has 11 heteroatoms. The lowest BCUT2D eigenvalue weighted by Gasteiger charge is -2.31. The lowest BCUT2D eigenvalue weighted by Crippen LogP contribution is -2.47. The van der Waals surface area contributed by atoms with Crippen LogP contribution in [0.3, 0.4) is 0 Å². The molecule has 2 fully saturated rings. The van der Waals surface area contributed by atoms with Crippen LogP contribution < -0.4 is 5.32 Å². The standard InChI is InChI=1S/C21H26FN3O5S2/c1-2-12-32(29,30)24-10-5-7-16(14-24)19(26)23-9-11-25-20(27)18(31-21(25)28)13-15-6-3-4-8-17(15)22/h3-4,6,8,13,16H,2,5,7,9-12,14H2,1H3,(H,23,26)/b18-13-. The number of halogens is 1. The third kappa shape index (κ3) is 5.76. The molecule has 1 N–H and O–H groups in total. The van der Waals surface area contributed by atoms with Gasteiger partial charge in [-0.2, -0.15) is 0 Å². The molecule has 2 saturated heterocycles. The van der Waals surface area contributed by atoms with Crippen LogP contribution in [-0.2, 0) is 19.6 Å². The van der Waals surface area contributed by atoms with Crippen molar-refractivity contribution in [2.45, 2.75) is 26.2 Å². The highest BCUT2D eigenvalue weighted by molar-refractivity contribution is 8.18. The predicted molar refractivity (Wildman–Crippen MR) is 120 cm³/mol. The summed E-state index contributed by atoms with van der Waals surface area (Å²) in [5.74, 6) is -1.73. The van der Waals surface area contributed by atoms with E-state index in [9.17, 15) is 27.2 Å². The third-order valence-electron chi connectivity index (χ3n) is 5.31.